The van der Waals surface area contributed by atoms with Gasteiger partial charge in [-0.05, 0) is 55.3 Å². The molecule has 0 bridgehead atoms. The molecule has 3 rings (SSSR count). The second-order valence-corrected chi connectivity index (χ2v) is 6.75. The Balaban J connectivity index is 2.12. The number of hydrogen-bond acceptors (Lipinski definition) is 4. The fraction of sp³-hybridized carbons (Fsp3) is 0.238. The molecule has 0 aliphatic rings. The number of esters is 1. The predicted molar refractivity (Wildman–Crippen MR) is 104 cm³/mol. The largest absolute Gasteiger partial charge is 0.508 e. The second-order valence-electron chi connectivity index (χ2n) is 6.31. The van der Waals surface area contributed by atoms with Gasteiger partial charge in [0.25, 0.3) is 5.91 Å². The molecule has 0 aliphatic carbocycles. The van der Waals surface area contributed by atoms with Crippen LogP contribution in [0, 0.1) is 6.92 Å². The van der Waals surface area contributed by atoms with Crippen LogP contribution in [0.2, 0.25) is 5.02 Å². The number of fused-ring (bicyclic) bond motifs is 1. The summed E-state index contributed by atoms with van der Waals surface area (Å²) in [7, 11) is 0. The van der Waals surface area contributed by atoms with Gasteiger partial charge in [-0.2, -0.15) is 0 Å². The zero-order valence-electron chi connectivity index (χ0n) is 15.2. The summed E-state index contributed by atoms with van der Waals surface area (Å²) in [4.78, 5) is 25.3. The van der Waals surface area contributed by atoms with Crippen molar-refractivity contribution in [2.75, 3.05) is 6.61 Å². The van der Waals surface area contributed by atoms with Crippen molar-refractivity contribution >= 4 is 34.4 Å². The molecule has 0 saturated carbocycles. The molecule has 140 valence electrons. The highest BCUT2D eigenvalue weighted by Gasteiger charge is 2.22. The Labute approximate surface area is 162 Å². The number of rotatable bonds is 5. The first kappa shape index (κ1) is 19.0. The van der Waals surface area contributed by atoms with Crippen molar-refractivity contribution in [2.45, 2.75) is 26.7 Å². The molecule has 5 nitrogen and oxygen atoms in total. The van der Waals surface area contributed by atoms with Gasteiger partial charge in [0.1, 0.15) is 5.75 Å². The molecule has 0 amide bonds. The summed E-state index contributed by atoms with van der Waals surface area (Å²) in [6, 6.07) is 11.5. The minimum absolute atomic E-state index is 0.0294. The number of nitrogens with zero attached hydrogens (tertiary/aromatic N) is 1. The lowest BCUT2D eigenvalue weighted by atomic mass is 10.1. The molecular weight excluding hydrogens is 366 g/mol. The van der Waals surface area contributed by atoms with Gasteiger partial charge in [0.05, 0.1) is 18.5 Å². The number of benzene rings is 2. The van der Waals surface area contributed by atoms with Crippen molar-refractivity contribution in [3.05, 3.63) is 64.3 Å². The molecule has 0 aliphatic heterocycles. The summed E-state index contributed by atoms with van der Waals surface area (Å²) in [5, 5.41) is 11.0. The van der Waals surface area contributed by atoms with Crippen LogP contribution in [-0.4, -0.2) is 28.2 Å². The second kappa shape index (κ2) is 7.84. The van der Waals surface area contributed by atoms with Gasteiger partial charge in [-0.25, -0.2) is 0 Å². The van der Waals surface area contributed by atoms with Crippen LogP contribution >= 0.6 is 11.6 Å². The summed E-state index contributed by atoms with van der Waals surface area (Å²) >= 11 is 6.02. The first-order chi connectivity index (χ1) is 12.9. The van der Waals surface area contributed by atoms with Crippen molar-refractivity contribution in [3.8, 4) is 5.75 Å². The van der Waals surface area contributed by atoms with Crippen LogP contribution in [0.4, 0.5) is 0 Å². The molecule has 1 aromatic heterocycles. The number of phenols is 1. The monoisotopic (exact) mass is 385 g/mol. The van der Waals surface area contributed by atoms with E-state index in [2.05, 4.69) is 0 Å². The van der Waals surface area contributed by atoms with Crippen molar-refractivity contribution in [3.63, 3.8) is 0 Å². The van der Waals surface area contributed by atoms with Crippen LogP contribution in [0.25, 0.3) is 10.9 Å². The van der Waals surface area contributed by atoms with Crippen LogP contribution in [-0.2, 0) is 16.0 Å². The van der Waals surface area contributed by atoms with Gasteiger partial charge in [-0.3, -0.25) is 14.2 Å². The SMILES string of the molecule is CCCOC(=O)Cc1c(C)n(C(=O)c2cccc(Cl)c2)c2ccc(O)cc12. The topological polar surface area (TPSA) is 68.5 Å². The molecular formula is C21H20ClNO4. The fourth-order valence-electron chi connectivity index (χ4n) is 3.12. The van der Waals surface area contributed by atoms with Gasteiger partial charge in [0.15, 0.2) is 0 Å². The standard InChI is InChI=1S/C21H20ClNO4/c1-3-9-27-20(25)12-17-13(2)23(19-8-7-16(24)11-18(17)19)21(26)14-5-4-6-15(22)10-14/h4-8,10-11,24H,3,9,12H2,1-2H3. The predicted octanol–water partition coefficient (Wildman–Crippen LogP) is 4.49. The Morgan fingerprint density at radius 2 is 1.96 bits per heavy atom. The summed E-state index contributed by atoms with van der Waals surface area (Å²) in [6.07, 6.45) is 0.766. The highest BCUT2D eigenvalue weighted by molar-refractivity contribution is 6.31. The number of phenolic OH excluding ortho intramolecular Hbond substituents is 1. The number of carbonyl (C=O) groups is 2. The highest BCUT2D eigenvalue weighted by atomic mass is 35.5. The first-order valence-electron chi connectivity index (χ1n) is 8.71. The Hall–Kier alpha value is -2.79. The van der Waals surface area contributed by atoms with Crippen molar-refractivity contribution < 1.29 is 19.4 Å². The van der Waals surface area contributed by atoms with E-state index in [-0.39, 0.29) is 24.0 Å². The van der Waals surface area contributed by atoms with E-state index in [4.69, 9.17) is 16.3 Å². The summed E-state index contributed by atoms with van der Waals surface area (Å²) in [5.74, 6) is -0.547. The zero-order valence-corrected chi connectivity index (χ0v) is 15.9. The van der Waals surface area contributed by atoms with Gasteiger partial charge >= 0.3 is 5.97 Å². The minimum Gasteiger partial charge on any atom is -0.508 e. The van der Waals surface area contributed by atoms with E-state index in [0.717, 1.165) is 6.42 Å². The number of hydrogen-bond donors (Lipinski definition) is 1. The first-order valence-corrected chi connectivity index (χ1v) is 9.09. The van der Waals surface area contributed by atoms with Crippen LogP contribution in [0.1, 0.15) is 35.0 Å². The van der Waals surface area contributed by atoms with Gasteiger partial charge < -0.3 is 9.84 Å². The third kappa shape index (κ3) is 3.83. The third-order valence-corrected chi connectivity index (χ3v) is 4.62. The lowest BCUT2D eigenvalue weighted by Crippen LogP contribution is -2.14. The molecule has 0 saturated heterocycles. The number of aromatic hydroxyl groups is 1. The molecule has 27 heavy (non-hydrogen) atoms. The Bertz CT molecular complexity index is 1020. The highest BCUT2D eigenvalue weighted by Crippen LogP contribution is 2.30. The summed E-state index contributed by atoms with van der Waals surface area (Å²) in [5.41, 5.74) is 2.36. The molecule has 0 fully saturated rings. The van der Waals surface area contributed by atoms with Crippen molar-refractivity contribution in [2.24, 2.45) is 0 Å². The number of ether oxygens (including phenoxy) is 1. The van der Waals surface area contributed by atoms with Crippen LogP contribution < -0.4 is 0 Å². The fourth-order valence-corrected chi connectivity index (χ4v) is 3.31. The van der Waals surface area contributed by atoms with E-state index >= 15 is 0 Å². The van der Waals surface area contributed by atoms with Crippen molar-refractivity contribution in [1.29, 1.82) is 0 Å². The quantitative estimate of drug-likeness (QED) is 0.657. The Kier molecular flexibility index (Phi) is 5.51. The molecule has 6 heteroatoms. The minimum atomic E-state index is -0.363. The Morgan fingerprint density at radius 1 is 1.19 bits per heavy atom. The maximum atomic E-state index is 13.1. The molecule has 0 atom stereocenters. The average Bonchev–Trinajstić information content (AvgIpc) is 2.90. The van der Waals surface area contributed by atoms with Gasteiger partial charge in [-0.15, -0.1) is 0 Å². The number of carbonyl (C=O) groups excluding carboxylic acids is 2. The number of halogens is 1. The van der Waals surface area contributed by atoms with Gasteiger partial charge in [0, 0.05) is 21.7 Å². The third-order valence-electron chi connectivity index (χ3n) is 4.38. The summed E-state index contributed by atoms with van der Waals surface area (Å²) < 4.78 is 6.73. The smallest absolute Gasteiger partial charge is 0.310 e. The van der Waals surface area contributed by atoms with E-state index in [1.807, 2.05) is 6.92 Å². The van der Waals surface area contributed by atoms with Crippen LogP contribution in [0.5, 0.6) is 5.75 Å². The normalized spacial score (nSPS) is 10.9. The van der Waals surface area contributed by atoms with Crippen LogP contribution in [0.3, 0.4) is 0 Å². The lowest BCUT2D eigenvalue weighted by molar-refractivity contribution is -0.142. The van der Waals surface area contributed by atoms with Crippen LogP contribution in [0.15, 0.2) is 42.5 Å². The van der Waals surface area contributed by atoms with Gasteiger partial charge in [0.2, 0.25) is 0 Å². The average molecular weight is 386 g/mol. The molecule has 0 unspecified atom stereocenters. The summed E-state index contributed by atoms with van der Waals surface area (Å²) in [6.45, 7) is 4.05. The van der Waals surface area contributed by atoms with Gasteiger partial charge in [-0.1, -0.05) is 24.6 Å². The maximum Gasteiger partial charge on any atom is 0.310 e. The molecule has 2 aromatic carbocycles. The molecule has 3 aromatic rings. The molecule has 1 N–H and O–H groups in total. The Morgan fingerprint density at radius 3 is 2.67 bits per heavy atom. The zero-order chi connectivity index (χ0) is 19.6. The maximum absolute atomic E-state index is 13.1. The molecule has 0 spiro atoms. The molecule has 1 heterocycles. The van der Waals surface area contributed by atoms with E-state index < -0.39 is 0 Å². The molecule has 0 radical (unpaired) electrons. The van der Waals surface area contributed by atoms with E-state index in [1.165, 1.54) is 6.07 Å². The lowest BCUT2D eigenvalue weighted by Gasteiger charge is -2.08. The van der Waals surface area contributed by atoms with Crippen molar-refractivity contribution in [1.82, 2.24) is 4.57 Å². The van der Waals surface area contributed by atoms with E-state index in [9.17, 15) is 14.7 Å². The van der Waals surface area contributed by atoms with E-state index in [0.29, 0.717) is 39.4 Å². The van der Waals surface area contributed by atoms with E-state index in [1.54, 1.807) is 47.9 Å². The number of aromatic nitrogens is 1.